The molecule has 2 atom stereocenters. The summed E-state index contributed by atoms with van der Waals surface area (Å²) >= 11 is 0. The van der Waals surface area contributed by atoms with Crippen LogP contribution in [0.5, 0.6) is 0 Å². The first-order valence-corrected chi connectivity index (χ1v) is 10.0. The van der Waals surface area contributed by atoms with Crippen LogP contribution in [0, 0.1) is 25.2 Å². The van der Waals surface area contributed by atoms with Gasteiger partial charge < -0.3 is 15.5 Å². The van der Waals surface area contributed by atoms with Gasteiger partial charge in [-0.25, -0.2) is 9.97 Å². The molecule has 2 fully saturated rings. The molecule has 7 heteroatoms. The molecule has 1 aromatic heterocycles. The summed E-state index contributed by atoms with van der Waals surface area (Å²) in [6.45, 7) is 6.16. The highest BCUT2D eigenvalue weighted by molar-refractivity contribution is 6.06. The van der Waals surface area contributed by atoms with Gasteiger partial charge in [0.1, 0.15) is 12.0 Å². The summed E-state index contributed by atoms with van der Waals surface area (Å²) in [5.41, 5.74) is 7.42. The van der Waals surface area contributed by atoms with Crippen molar-refractivity contribution in [2.45, 2.75) is 13.3 Å². The monoisotopic (exact) mass is 392 g/mol. The third-order valence-electron chi connectivity index (χ3n) is 5.96. The second-order valence-electron chi connectivity index (χ2n) is 7.94. The first-order valence-electron chi connectivity index (χ1n) is 10.0. The van der Waals surface area contributed by atoms with E-state index in [2.05, 4.69) is 45.6 Å². The van der Waals surface area contributed by atoms with Gasteiger partial charge >= 0.3 is 0 Å². The molecule has 2 saturated heterocycles. The summed E-state index contributed by atoms with van der Waals surface area (Å²) in [6, 6.07) is 10.4. The zero-order chi connectivity index (χ0) is 20.4. The molecule has 0 saturated carbocycles. The lowest BCUT2D eigenvalue weighted by atomic mass is 10.0. The van der Waals surface area contributed by atoms with E-state index in [0.717, 1.165) is 26.1 Å². The highest BCUT2D eigenvalue weighted by atomic mass is 16.2. The topological polar surface area (TPSA) is 92.4 Å². The third kappa shape index (κ3) is 4.15. The number of nitrogens with two attached hydrogens (primary N) is 1. The Hall–Kier alpha value is -2.80. The van der Waals surface area contributed by atoms with Crippen molar-refractivity contribution in [3.8, 4) is 0 Å². The molecule has 29 heavy (non-hydrogen) atoms. The predicted octanol–water partition coefficient (Wildman–Crippen LogP) is 1.53. The van der Waals surface area contributed by atoms with E-state index in [1.807, 2.05) is 11.0 Å². The highest BCUT2D eigenvalue weighted by Gasteiger charge is 2.42. The smallest absolute Gasteiger partial charge is 0.268 e. The molecule has 2 aliphatic heterocycles. The number of carbonyl (C=O) groups is 2. The van der Waals surface area contributed by atoms with Gasteiger partial charge in [0.2, 0.25) is 0 Å². The molecule has 0 bridgehead atoms. The largest absolute Gasteiger partial charge is 0.364 e. The number of carbonyl (C=O) groups excluding carboxylic acids is 2. The molecule has 0 spiro atoms. The van der Waals surface area contributed by atoms with Crippen LogP contribution in [0.4, 0.5) is 0 Å². The summed E-state index contributed by atoms with van der Waals surface area (Å²) in [5.74, 6) is 0.0598. The van der Waals surface area contributed by atoms with Crippen molar-refractivity contribution in [2.75, 3.05) is 32.7 Å². The second kappa shape index (κ2) is 8.29. The van der Waals surface area contributed by atoms with E-state index in [4.69, 9.17) is 5.73 Å². The van der Waals surface area contributed by atoms with Gasteiger partial charge in [-0.15, -0.1) is 0 Å². The maximum absolute atomic E-state index is 13.1. The third-order valence-corrected chi connectivity index (χ3v) is 5.96. The minimum absolute atomic E-state index is 0.0117. The Morgan fingerprint density at radius 1 is 1.10 bits per heavy atom. The van der Waals surface area contributed by atoms with Crippen LogP contribution in [0.1, 0.15) is 38.5 Å². The molecule has 1 radical (unpaired) electrons. The molecule has 2 N–H and O–H groups in total. The molecule has 2 amide bonds. The van der Waals surface area contributed by atoms with E-state index in [1.54, 1.807) is 6.92 Å². The van der Waals surface area contributed by atoms with E-state index in [0.29, 0.717) is 30.6 Å². The molecule has 151 valence electrons. The first kappa shape index (κ1) is 19.5. The van der Waals surface area contributed by atoms with Crippen LogP contribution in [-0.2, 0) is 0 Å². The maximum Gasteiger partial charge on any atom is 0.268 e. The van der Waals surface area contributed by atoms with Gasteiger partial charge in [0.15, 0.2) is 0 Å². The van der Waals surface area contributed by atoms with Gasteiger partial charge in [0.05, 0.1) is 11.3 Å². The number of benzene rings is 1. The van der Waals surface area contributed by atoms with E-state index >= 15 is 0 Å². The van der Waals surface area contributed by atoms with Gasteiger partial charge in [0.25, 0.3) is 11.8 Å². The Bertz CT molecular complexity index is 887. The summed E-state index contributed by atoms with van der Waals surface area (Å²) in [7, 11) is 0. The van der Waals surface area contributed by atoms with Crippen LogP contribution in [0.25, 0.3) is 0 Å². The number of fused-ring (bicyclic) bond motifs is 1. The van der Waals surface area contributed by atoms with Crippen LogP contribution >= 0.6 is 0 Å². The number of aromatic nitrogens is 2. The number of hydrogen-bond acceptors (Lipinski definition) is 5. The summed E-state index contributed by atoms with van der Waals surface area (Å²) in [5, 5.41) is 0. The van der Waals surface area contributed by atoms with Gasteiger partial charge in [-0.1, -0.05) is 30.3 Å². The fourth-order valence-electron chi connectivity index (χ4n) is 4.52. The van der Waals surface area contributed by atoms with Crippen LogP contribution in [-0.4, -0.2) is 64.3 Å². The lowest BCUT2D eigenvalue weighted by Crippen LogP contribution is -2.35. The number of likely N-dealkylation sites (tertiary alicyclic amines) is 2. The Labute approximate surface area is 170 Å². The van der Waals surface area contributed by atoms with E-state index in [1.165, 1.54) is 11.9 Å². The van der Waals surface area contributed by atoms with Gasteiger partial charge in [-0.2, -0.15) is 0 Å². The minimum Gasteiger partial charge on any atom is -0.364 e. The van der Waals surface area contributed by atoms with Crippen molar-refractivity contribution in [1.29, 1.82) is 0 Å². The number of hydrogen-bond donors (Lipinski definition) is 1. The van der Waals surface area contributed by atoms with Crippen molar-refractivity contribution in [2.24, 2.45) is 17.6 Å². The molecule has 2 aliphatic rings. The molecule has 2 unspecified atom stereocenters. The lowest BCUT2D eigenvalue weighted by Gasteiger charge is -2.22. The molecular formula is C22H26N5O2. The summed E-state index contributed by atoms with van der Waals surface area (Å²) in [6.07, 6.45) is 4.57. The Morgan fingerprint density at radius 2 is 1.79 bits per heavy atom. The summed E-state index contributed by atoms with van der Waals surface area (Å²) < 4.78 is 0. The van der Waals surface area contributed by atoms with Crippen molar-refractivity contribution in [3.05, 3.63) is 65.6 Å². The van der Waals surface area contributed by atoms with Crippen LogP contribution in [0.2, 0.25) is 0 Å². The SMILES string of the molecule is Cc1ncnc(C(N)=O)c1C(=O)N1CC2CN(CC[CH]c3ccccc3)CC2C1. The second-order valence-corrected chi connectivity index (χ2v) is 7.94. The Balaban J connectivity index is 1.32. The molecule has 2 aromatic rings. The van der Waals surface area contributed by atoms with E-state index in [9.17, 15) is 9.59 Å². The van der Waals surface area contributed by atoms with Crippen LogP contribution in [0.3, 0.4) is 0 Å². The average Bonchev–Trinajstić information content (AvgIpc) is 3.27. The zero-order valence-corrected chi connectivity index (χ0v) is 16.6. The number of rotatable bonds is 6. The Morgan fingerprint density at radius 3 is 2.45 bits per heavy atom. The van der Waals surface area contributed by atoms with Crippen molar-refractivity contribution in [3.63, 3.8) is 0 Å². The number of primary amides is 1. The molecular weight excluding hydrogens is 366 g/mol. The highest BCUT2D eigenvalue weighted by Crippen LogP contribution is 2.32. The number of amides is 2. The van der Waals surface area contributed by atoms with Crippen LogP contribution < -0.4 is 5.73 Å². The van der Waals surface area contributed by atoms with Gasteiger partial charge in [-0.05, 0) is 43.7 Å². The quantitative estimate of drug-likeness (QED) is 0.805. The van der Waals surface area contributed by atoms with E-state index < -0.39 is 5.91 Å². The zero-order valence-electron chi connectivity index (χ0n) is 16.6. The van der Waals surface area contributed by atoms with Crippen LogP contribution in [0.15, 0.2) is 36.7 Å². The van der Waals surface area contributed by atoms with E-state index in [-0.39, 0.29) is 17.2 Å². The maximum atomic E-state index is 13.1. The fourth-order valence-corrected chi connectivity index (χ4v) is 4.52. The average molecular weight is 392 g/mol. The Kier molecular flexibility index (Phi) is 5.58. The number of nitrogens with zero attached hydrogens (tertiary/aromatic N) is 4. The summed E-state index contributed by atoms with van der Waals surface area (Å²) in [4.78, 5) is 37.1. The van der Waals surface area contributed by atoms with Crippen molar-refractivity contribution >= 4 is 11.8 Å². The first-order chi connectivity index (χ1) is 14.0. The molecule has 1 aromatic carbocycles. The normalized spacial score (nSPS) is 21.3. The minimum atomic E-state index is -0.695. The standard InChI is InChI=1S/C22H26N5O2/c1-15-19(20(21(23)28)25-14-24-15)22(29)27-12-17-10-26(11-18(17)13-27)9-5-8-16-6-3-2-4-7-16/h2-4,6-8,14,17-18H,5,9-13H2,1H3,(H2,23,28). The van der Waals surface area contributed by atoms with Gasteiger partial charge in [0, 0.05) is 26.2 Å². The molecule has 3 heterocycles. The molecule has 4 rings (SSSR count). The van der Waals surface area contributed by atoms with Crippen molar-refractivity contribution in [1.82, 2.24) is 19.8 Å². The van der Waals surface area contributed by atoms with Gasteiger partial charge in [-0.3, -0.25) is 9.59 Å². The fraction of sp³-hybridized carbons (Fsp3) is 0.409. The molecule has 7 nitrogen and oxygen atoms in total. The number of aryl methyl sites for hydroxylation is 1. The molecule has 0 aliphatic carbocycles. The lowest BCUT2D eigenvalue weighted by molar-refractivity contribution is 0.0766. The van der Waals surface area contributed by atoms with Crippen molar-refractivity contribution < 1.29 is 9.59 Å². The predicted molar refractivity (Wildman–Crippen MR) is 109 cm³/mol.